The summed E-state index contributed by atoms with van der Waals surface area (Å²) in [6.07, 6.45) is 1.28. The molecule has 94 valence electrons. The van der Waals surface area contributed by atoms with Crippen molar-refractivity contribution < 1.29 is 9.21 Å². The molecule has 0 saturated carbocycles. The van der Waals surface area contributed by atoms with E-state index in [1.165, 1.54) is 6.08 Å². The number of rotatable bonds is 3. The zero-order chi connectivity index (χ0) is 13.3. The molecule has 0 atom stereocenters. The van der Waals surface area contributed by atoms with E-state index in [2.05, 4.69) is 6.58 Å². The van der Waals surface area contributed by atoms with Gasteiger partial charge in [0.25, 0.3) is 0 Å². The molecule has 0 fully saturated rings. The minimum atomic E-state index is -0.138. The lowest BCUT2D eigenvalue weighted by Gasteiger charge is -2.13. The number of benzene rings is 1. The molecule has 1 aromatic carbocycles. The van der Waals surface area contributed by atoms with E-state index in [0.717, 1.165) is 16.7 Å². The summed E-state index contributed by atoms with van der Waals surface area (Å²) < 4.78 is 5.73. The number of carbonyl (C=O) groups excluding carboxylic acids is 1. The van der Waals surface area contributed by atoms with Crippen LogP contribution in [0, 0.1) is 6.92 Å². The molecule has 1 heterocycles. The number of halogens is 1. The third kappa shape index (κ3) is 2.14. The van der Waals surface area contributed by atoms with Crippen LogP contribution in [0.1, 0.15) is 11.3 Å². The molecule has 0 unspecified atom stereocenters. The second-order valence-electron chi connectivity index (χ2n) is 4.17. The van der Waals surface area contributed by atoms with Gasteiger partial charge in [-0.1, -0.05) is 30.3 Å². The SMILES string of the molecule is C=CC(=O)N(C)Cc1oc2c(Cl)cccc2c1C. The number of aryl methyl sites for hydroxylation is 1. The van der Waals surface area contributed by atoms with E-state index in [1.54, 1.807) is 18.0 Å². The molecule has 0 aliphatic rings. The zero-order valence-electron chi connectivity index (χ0n) is 10.4. The highest BCUT2D eigenvalue weighted by molar-refractivity contribution is 6.34. The Bertz CT molecular complexity index is 616. The molecule has 0 radical (unpaired) electrons. The first kappa shape index (κ1) is 12.7. The predicted molar refractivity (Wildman–Crippen MR) is 72.6 cm³/mol. The minimum absolute atomic E-state index is 0.138. The zero-order valence-corrected chi connectivity index (χ0v) is 11.1. The maximum atomic E-state index is 11.4. The number of para-hydroxylation sites is 1. The Kier molecular flexibility index (Phi) is 3.43. The van der Waals surface area contributed by atoms with E-state index in [4.69, 9.17) is 16.0 Å². The Morgan fingerprint density at radius 3 is 2.89 bits per heavy atom. The Morgan fingerprint density at radius 2 is 2.28 bits per heavy atom. The first-order valence-electron chi connectivity index (χ1n) is 5.58. The third-order valence-corrected chi connectivity index (χ3v) is 3.24. The number of hydrogen-bond acceptors (Lipinski definition) is 2. The van der Waals surface area contributed by atoms with Gasteiger partial charge >= 0.3 is 0 Å². The van der Waals surface area contributed by atoms with Crippen LogP contribution in [-0.4, -0.2) is 17.9 Å². The molecular formula is C14H14ClNO2. The van der Waals surface area contributed by atoms with E-state index in [1.807, 2.05) is 19.1 Å². The van der Waals surface area contributed by atoms with Gasteiger partial charge in [-0.05, 0) is 19.1 Å². The Hall–Kier alpha value is -1.74. The van der Waals surface area contributed by atoms with Crippen molar-refractivity contribution in [3.8, 4) is 0 Å². The predicted octanol–water partition coefficient (Wildman–Crippen LogP) is 3.54. The molecule has 2 rings (SSSR count). The van der Waals surface area contributed by atoms with Crippen molar-refractivity contribution in [2.75, 3.05) is 7.05 Å². The lowest BCUT2D eigenvalue weighted by molar-refractivity contribution is -0.125. The van der Waals surface area contributed by atoms with Gasteiger partial charge in [0, 0.05) is 18.0 Å². The van der Waals surface area contributed by atoms with Crippen LogP contribution in [0.2, 0.25) is 5.02 Å². The fourth-order valence-electron chi connectivity index (χ4n) is 1.86. The second kappa shape index (κ2) is 4.86. The summed E-state index contributed by atoms with van der Waals surface area (Å²) in [5.74, 6) is 0.608. The number of hydrogen-bond donors (Lipinski definition) is 0. The largest absolute Gasteiger partial charge is 0.457 e. The van der Waals surface area contributed by atoms with Gasteiger partial charge in [0.1, 0.15) is 5.76 Å². The van der Waals surface area contributed by atoms with Crippen LogP contribution in [0.3, 0.4) is 0 Å². The number of fused-ring (bicyclic) bond motifs is 1. The van der Waals surface area contributed by atoms with E-state index >= 15 is 0 Å². The van der Waals surface area contributed by atoms with Crippen molar-refractivity contribution in [3.63, 3.8) is 0 Å². The molecule has 3 nitrogen and oxygen atoms in total. The summed E-state index contributed by atoms with van der Waals surface area (Å²) in [6, 6.07) is 5.63. The Morgan fingerprint density at radius 1 is 1.56 bits per heavy atom. The molecule has 1 amide bonds. The first-order valence-corrected chi connectivity index (χ1v) is 5.96. The first-order chi connectivity index (χ1) is 8.54. The molecule has 2 aromatic rings. The normalized spacial score (nSPS) is 10.6. The standard InChI is InChI=1S/C14H14ClNO2/c1-4-13(17)16(3)8-12-9(2)10-6-5-7-11(15)14(10)18-12/h4-7H,1,8H2,2-3H3. The Balaban J connectivity index is 2.40. The van der Waals surface area contributed by atoms with Gasteiger partial charge in [-0.15, -0.1) is 0 Å². The van der Waals surface area contributed by atoms with E-state index < -0.39 is 0 Å². The van der Waals surface area contributed by atoms with Gasteiger partial charge < -0.3 is 9.32 Å². The molecule has 0 N–H and O–H groups in total. The van der Waals surface area contributed by atoms with Gasteiger partial charge in [-0.25, -0.2) is 0 Å². The van der Waals surface area contributed by atoms with Crippen molar-refractivity contribution in [2.45, 2.75) is 13.5 Å². The van der Waals surface area contributed by atoms with Gasteiger partial charge in [0.05, 0.1) is 11.6 Å². The second-order valence-corrected chi connectivity index (χ2v) is 4.57. The van der Waals surface area contributed by atoms with Gasteiger partial charge in [0.2, 0.25) is 5.91 Å². The summed E-state index contributed by atoms with van der Waals surface area (Å²) in [5.41, 5.74) is 1.68. The third-order valence-electron chi connectivity index (χ3n) is 2.95. The Labute approximate surface area is 111 Å². The summed E-state index contributed by atoms with van der Waals surface area (Å²) in [6.45, 7) is 5.83. The summed E-state index contributed by atoms with van der Waals surface area (Å²) in [4.78, 5) is 13.0. The molecule has 0 aliphatic heterocycles. The van der Waals surface area contributed by atoms with Crippen LogP contribution in [0.5, 0.6) is 0 Å². The average Bonchev–Trinajstić information content (AvgIpc) is 2.68. The lowest BCUT2D eigenvalue weighted by Crippen LogP contribution is -2.23. The number of amides is 1. The number of carbonyl (C=O) groups is 1. The fraction of sp³-hybridized carbons (Fsp3) is 0.214. The van der Waals surface area contributed by atoms with Crippen LogP contribution in [-0.2, 0) is 11.3 Å². The number of likely N-dealkylation sites (N-methyl/N-ethyl adjacent to an activating group) is 1. The summed E-state index contributed by atoms with van der Waals surface area (Å²) in [5, 5.41) is 1.57. The van der Waals surface area contributed by atoms with Crippen LogP contribution >= 0.6 is 11.6 Å². The summed E-state index contributed by atoms with van der Waals surface area (Å²) >= 11 is 6.08. The van der Waals surface area contributed by atoms with Gasteiger partial charge in [-0.2, -0.15) is 0 Å². The topological polar surface area (TPSA) is 33.5 Å². The quantitative estimate of drug-likeness (QED) is 0.794. The maximum absolute atomic E-state index is 11.4. The average molecular weight is 264 g/mol. The molecular weight excluding hydrogens is 250 g/mol. The highest BCUT2D eigenvalue weighted by Crippen LogP contribution is 2.31. The van der Waals surface area contributed by atoms with Crippen molar-refractivity contribution in [1.82, 2.24) is 4.90 Å². The highest BCUT2D eigenvalue weighted by Gasteiger charge is 2.15. The minimum Gasteiger partial charge on any atom is -0.457 e. The van der Waals surface area contributed by atoms with Crippen molar-refractivity contribution in [1.29, 1.82) is 0 Å². The van der Waals surface area contributed by atoms with E-state index in [-0.39, 0.29) is 5.91 Å². The van der Waals surface area contributed by atoms with Gasteiger partial charge in [0.15, 0.2) is 5.58 Å². The van der Waals surface area contributed by atoms with Gasteiger partial charge in [-0.3, -0.25) is 4.79 Å². The molecule has 0 aliphatic carbocycles. The molecule has 18 heavy (non-hydrogen) atoms. The van der Waals surface area contributed by atoms with Crippen LogP contribution < -0.4 is 0 Å². The molecule has 0 spiro atoms. The van der Waals surface area contributed by atoms with E-state index in [9.17, 15) is 4.79 Å². The van der Waals surface area contributed by atoms with Crippen molar-refractivity contribution >= 4 is 28.5 Å². The number of nitrogens with zero attached hydrogens (tertiary/aromatic N) is 1. The lowest BCUT2D eigenvalue weighted by atomic mass is 10.1. The van der Waals surface area contributed by atoms with Crippen LogP contribution in [0.15, 0.2) is 35.3 Å². The number of furan rings is 1. The fourth-order valence-corrected chi connectivity index (χ4v) is 2.07. The summed E-state index contributed by atoms with van der Waals surface area (Å²) in [7, 11) is 1.71. The molecule has 1 aromatic heterocycles. The van der Waals surface area contributed by atoms with E-state index in [0.29, 0.717) is 17.2 Å². The highest BCUT2D eigenvalue weighted by atomic mass is 35.5. The monoisotopic (exact) mass is 263 g/mol. The molecule has 0 bridgehead atoms. The maximum Gasteiger partial charge on any atom is 0.246 e. The van der Waals surface area contributed by atoms with Crippen molar-refractivity contribution in [3.05, 3.63) is 47.2 Å². The smallest absolute Gasteiger partial charge is 0.246 e. The van der Waals surface area contributed by atoms with Crippen LogP contribution in [0.25, 0.3) is 11.0 Å². The van der Waals surface area contributed by atoms with Crippen molar-refractivity contribution in [2.24, 2.45) is 0 Å². The molecule has 0 saturated heterocycles. The van der Waals surface area contributed by atoms with Crippen LogP contribution in [0.4, 0.5) is 0 Å². The molecule has 4 heteroatoms.